The van der Waals surface area contributed by atoms with Crippen LogP contribution in [0.1, 0.15) is 23.4 Å². The van der Waals surface area contributed by atoms with E-state index in [1.165, 1.54) is 6.26 Å². The van der Waals surface area contributed by atoms with E-state index in [2.05, 4.69) is 5.43 Å². The molecule has 1 rings (SSSR count). The lowest BCUT2D eigenvalue weighted by Crippen LogP contribution is -2.38. The van der Waals surface area contributed by atoms with Gasteiger partial charge in [-0.2, -0.15) is 0 Å². The van der Waals surface area contributed by atoms with Crippen molar-refractivity contribution in [3.63, 3.8) is 0 Å². The minimum atomic E-state index is -3.09. The SMILES string of the molecule is Cc1sccc1C(NN)C(C)S(C)(=O)=O. The molecule has 0 spiro atoms. The van der Waals surface area contributed by atoms with E-state index in [-0.39, 0.29) is 6.04 Å². The average Bonchev–Trinajstić information content (AvgIpc) is 2.52. The van der Waals surface area contributed by atoms with Crippen molar-refractivity contribution >= 4 is 21.2 Å². The molecular formula is C9H16N2O2S2. The molecule has 0 radical (unpaired) electrons. The van der Waals surface area contributed by atoms with Crippen LogP contribution < -0.4 is 11.3 Å². The Morgan fingerprint density at radius 3 is 2.47 bits per heavy atom. The first-order valence-corrected chi connectivity index (χ1v) is 7.40. The van der Waals surface area contributed by atoms with Crippen LogP contribution in [0.25, 0.3) is 0 Å². The van der Waals surface area contributed by atoms with Crippen LogP contribution in [0.4, 0.5) is 0 Å². The van der Waals surface area contributed by atoms with Crippen LogP contribution >= 0.6 is 11.3 Å². The molecule has 0 aliphatic rings. The molecule has 0 fully saturated rings. The lowest BCUT2D eigenvalue weighted by molar-refractivity contribution is 0.513. The highest BCUT2D eigenvalue weighted by Crippen LogP contribution is 2.27. The third-order valence-electron chi connectivity index (χ3n) is 2.56. The molecule has 0 aromatic carbocycles. The highest BCUT2D eigenvalue weighted by molar-refractivity contribution is 7.91. The van der Waals surface area contributed by atoms with Gasteiger partial charge in [0.15, 0.2) is 9.84 Å². The van der Waals surface area contributed by atoms with Crippen molar-refractivity contribution in [2.45, 2.75) is 25.1 Å². The van der Waals surface area contributed by atoms with Gasteiger partial charge in [0.25, 0.3) is 0 Å². The number of nitrogens with one attached hydrogen (secondary N) is 1. The predicted octanol–water partition coefficient (Wildman–Crippen LogP) is 0.994. The number of aryl methyl sites for hydroxylation is 1. The van der Waals surface area contributed by atoms with Gasteiger partial charge in [-0.15, -0.1) is 11.3 Å². The molecule has 0 aliphatic heterocycles. The van der Waals surface area contributed by atoms with E-state index in [9.17, 15) is 8.42 Å². The van der Waals surface area contributed by atoms with Crippen LogP contribution in [0.3, 0.4) is 0 Å². The molecule has 1 aromatic heterocycles. The molecule has 0 saturated carbocycles. The maximum absolute atomic E-state index is 11.4. The zero-order chi connectivity index (χ0) is 11.6. The van der Waals surface area contributed by atoms with Crippen LogP contribution in [0, 0.1) is 6.92 Å². The van der Waals surface area contributed by atoms with Crippen molar-refractivity contribution in [1.82, 2.24) is 5.43 Å². The summed E-state index contributed by atoms with van der Waals surface area (Å²) >= 11 is 1.59. The van der Waals surface area contributed by atoms with Crippen molar-refractivity contribution < 1.29 is 8.42 Å². The lowest BCUT2D eigenvalue weighted by atomic mass is 10.1. The van der Waals surface area contributed by atoms with Gasteiger partial charge in [-0.1, -0.05) is 0 Å². The van der Waals surface area contributed by atoms with Gasteiger partial charge in [0.2, 0.25) is 0 Å². The first-order chi connectivity index (χ1) is 6.88. The predicted molar refractivity (Wildman–Crippen MR) is 63.4 cm³/mol. The summed E-state index contributed by atoms with van der Waals surface area (Å²) in [6.45, 7) is 3.62. The van der Waals surface area contributed by atoms with Gasteiger partial charge in [0, 0.05) is 11.1 Å². The molecule has 1 aromatic rings. The molecule has 1 heterocycles. The van der Waals surface area contributed by atoms with Crippen LogP contribution in [-0.4, -0.2) is 19.9 Å². The minimum Gasteiger partial charge on any atom is -0.271 e. The zero-order valence-corrected chi connectivity index (χ0v) is 10.7. The van der Waals surface area contributed by atoms with Gasteiger partial charge in [0.05, 0.1) is 11.3 Å². The minimum absolute atomic E-state index is 0.341. The topological polar surface area (TPSA) is 72.2 Å². The number of hydrogen-bond acceptors (Lipinski definition) is 5. The van der Waals surface area contributed by atoms with Gasteiger partial charge in [-0.05, 0) is 30.9 Å². The molecule has 2 atom stereocenters. The molecule has 4 nitrogen and oxygen atoms in total. The molecule has 2 unspecified atom stereocenters. The fraction of sp³-hybridized carbons (Fsp3) is 0.556. The normalized spacial score (nSPS) is 16.3. The number of hydrazine groups is 1. The Labute approximate surface area is 94.4 Å². The summed E-state index contributed by atoms with van der Waals surface area (Å²) in [5.74, 6) is 5.42. The van der Waals surface area contributed by atoms with E-state index in [1.54, 1.807) is 18.3 Å². The first kappa shape index (κ1) is 12.6. The molecule has 0 amide bonds. The number of hydrogen-bond donors (Lipinski definition) is 2. The van der Waals surface area contributed by atoms with Crippen molar-refractivity contribution in [3.05, 3.63) is 21.9 Å². The van der Waals surface area contributed by atoms with E-state index >= 15 is 0 Å². The third kappa shape index (κ3) is 2.78. The Kier molecular flexibility index (Phi) is 3.88. The molecule has 86 valence electrons. The Morgan fingerprint density at radius 2 is 2.13 bits per heavy atom. The average molecular weight is 248 g/mol. The van der Waals surface area contributed by atoms with Crippen LogP contribution in [-0.2, 0) is 9.84 Å². The van der Waals surface area contributed by atoms with Gasteiger partial charge in [-0.3, -0.25) is 11.3 Å². The number of thiophene rings is 1. The Bertz CT molecular complexity index is 425. The second kappa shape index (κ2) is 4.61. The standard InChI is InChI=1S/C9H16N2O2S2/c1-6-8(4-5-14-6)9(11-10)7(2)15(3,12)13/h4-5,7,9,11H,10H2,1-3H3. The molecular weight excluding hydrogens is 232 g/mol. The summed E-state index contributed by atoms with van der Waals surface area (Å²) in [6.07, 6.45) is 1.23. The molecule has 0 bridgehead atoms. The van der Waals surface area contributed by atoms with Gasteiger partial charge < -0.3 is 0 Å². The fourth-order valence-electron chi connectivity index (χ4n) is 1.44. The quantitative estimate of drug-likeness (QED) is 0.616. The van der Waals surface area contributed by atoms with Gasteiger partial charge in [-0.25, -0.2) is 8.42 Å². The maximum Gasteiger partial charge on any atom is 0.151 e. The fourth-order valence-corrected chi connectivity index (χ4v) is 2.91. The molecule has 15 heavy (non-hydrogen) atoms. The van der Waals surface area contributed by atoms with E-state index in [1.807, 2.05) is 18.4 Å². The maximum atomic E-state index is 11.4. The second-order valence-electron chi connectivity index (χ2n) is 3.61. The Balaban J connectivity index is 3.06. The highest BCUT2D eigenvalue weighted by atomic mass is 32.2. The van der Waals surface area contributed by atoms with E-state index in [4.69, 9.17) is 5.84 Å². The van der Waals surface area contributed by atoms with Gasteiger partial charge >= 0.3 is 0 Å². The van der Waals surface area contributed by atoms with E-state index in [0.717, 1.165) is 10.4 Å². The summed E-state index contributed by atoms with van der Waals surface area (Å²) in [5, 5.41) is 1.40. The molecule has 0 saturated heterocycles. The van der Waals surface area contributed by atoms with Crippen LogP contribution in [0.2, 0.25) is 0 Å². The van der Waals surface area contributed by atoms with E-state index < -0.39 is 15.1 Å². The van der Waals surface area contributed by atoms with Crippen LogP contribution in [0.5, 0.6) is 0 Å². The third-order valence-corrected chi connectivity index (χ3v) is 5.04. The molecule has 6 heteroatoms. The summed E-state index contributed by atoms with van der Waals surface area (Å²) in [5.41, 5.74) is 3.54. The van der Waals surface area contributed by atoms with Gasteiger partial charge in [0.1, 0.15) is 0 Å². The zero-order valence-electron chi connectivity index (χ0n) is 9.02. The largest absolute Gasteiger partial charge is 0.271 e. The summed E-state index contributed by atoms with van der Waals surface area (Å²) in [7, 11) is -3.09. The van der Waals surface area contributed by atoms with Crippen molar-refractivity contribution in [2.24, 2.45) is 5.84 Å². The van der Waals surface area contributed by atoms with Crippen molar-refractivity contribution in [1.29, 1.82) is 0 Å². The second-order valence-corrected chi connectivity index (χ2v) is 7.13. The summed E-state index contributed by atoms with van der Waals surface area (Å²) in [6, 6.07) is 1.57. The van der Waals surface area contributed by atoms with Crippen molar-refractivity contribution in [2.75, 3.05) is 6.26 Å². The Morgan fingerprint density at radius 1 is 1.53 bits per heavy atom. The smallest absolute Gasteiger partial charge is 0.151 e. The summed E-state index contributed by atoms with van der Waals surface area (Å²) in [4.78, 5) is 1.09. The van der Waals surface area contributed by atoms with Crippen molar-refractivity contribution in [3.8, 4) is 0 Å². The van der Waals surface area contributed by atoms with E-state index in [0.29, 0.717) is 0 Å². The summed E-state index contributed by atoms with van der Waals surface area (Å²) < 4.78 is 22.9. The molecule has 0 aliphatic carbocycles. The number of sulfone groups is 1. The number of nitrogens with two attached hydrogens (primary N) is 1. The Hall–Kier alpha value is -0.430. The molecule has 3 N–H and O–H groups in total. The van der Waals surface area contributed by atoms with Crippen LogP contribution in [0.15, 0.2) is 11.4 Å². The first-order valence-electron chi connectivity index (χ1n) is 4.57. The number of rotatable bonds is 4. The monoisotopic (exact) mass is 248 g/mol. The highest BCUT2D eigenvalue weighted by Gasteiger charge is 2.27. The lowest BCUT2D eigenvalue weighted by Gasteiger charge is -2.21.